The van der Waals surface area contributed by atoms with E-state index in [1.165, 1.54) is 0 Å². The Morgan fingerprint density at radius 1 is 1.46 bits per heavy atom. The summed E-state index contributed by atoms with van der Waals surface area (Å²) in [6.45, 7) is 4.35. The van der Waals surface area contributed by atoms with Gasteiger partial charge >= 0.3 is 0 Å². The maximum atomic E-state index is 11.2. The molecule has 0 bridgehead atoms. The molecular weight excluding hydrogens is 190 g/mol. The smallest absolute Gasteiger partial charge is 0.175 e. The lowest BCUT2D eigenvalue weighted by molar-refractivity contribution is 0.150. The van der Waals surface area contributed by atoms with Crippen LogP contribution < -0.4 is 5.73 Å². The molecule has 4 nitrogen and oxygen atoms in total. The first kappa shape index (κ1) is 12.4. The minimum Gasteiger partial charge on any atom is -0.402 e. The zero-order chi connectivity index (χ0) is 10.3. The van der Waals surface area contributed by atoms with E-state index >= 15 is 0 Å². The predicted octanol–water partition coefficient (Wildman–Crippen LogP) is 0.648. The van der Waals surface area contributed by atoms with Crippen molar-refractivity contribution in [1.29, 1.82) is 0 Å². The topological polar surface area (TPSA) is 69.4 Å². The van der Waals surface area contributed by atoms with Gasteiger partial charge in [0, 0.05) is 17.7 Å². The SMILES string of the molecule is CCCOCCS(=O)(=O)/C=C(/C)N. The lowest BCUT2D eigenvalue weighted by Gasteiger charge is -2.01. The number of hydrogen-bond acceptors (Lipinski definition) is 4. The van der Waals surface area contributed by atoms with Crippen LogP contribution in [0.25, 0.3) is 0 Å². The number of nitrogens with two attached hydrogens (primary N) is 1. The molecule has 0 rings (SSSR count). The average Bonchev–Trinajstić information content (AvgIpc) is 1.95. The standard InChI is InChI=1S/C8H17NO3S/c1-3-4-12-5-6-13(10,11)7-8(2)9/h7H,3-6,9H2,1-2H3/b8-7-. The third-order valence-corrected chi connectivity index (χ3v) is 2.69. The molecule has 0 aromatic carbocycles. The molecule has 0 heterocycles. The van der Waals surface area contributed by atoms with Crippen LogP contribution in [0.3, 0.4) is 0 Å². The monoisotopic (exact) mass is 207 g/mol. The van der Waals surface area contributed by atoms with Crippen LogP contribution in [-0.4, -0.2) is 27.4 Å². The Hall–Kier alpha value is -0.550. The molecule has 0 amide bonds. The molecule has 0 aromatic heterocycles. The first-order valence-electron chi connectivity index (χ1n) is 4.22. The van der Waals surface area contributed by atoms with Gasteiger partial charge in [-0.3, -0.25) is 0 Å². The summed E-state index contributed by atoms with van der Waals surface area (Å²) in [5.74, 6) is 0.00153. The summed E-state index contributed by atoms with van der Waals surface area (Å²) in [5.41, 5.74) is 5.55. The van der Waals surface area contributed by atoms with Gasteiger partial charge in [0.2, 0.25) is 0 Å². The Kier molecular flexibility index (Phi) is 5.73. The van der Waals surface area contributed by atoms with Gasteiger partial charge in [-0.05, 0) is 13.3 Å². The van der Waals surface area contributed by atoms with E-state index in [4.69, 9.17) is 10.5 Å². The van der Waals surface area contributed by atoms with Crippen LogP contribution in [0.4, 0.5) is 0 Å². The van der Waals surface area contributed by atoms with E-state index in [0.717, 1.165) is 11.8 Å². The molecule has 5 heteroatoms. The van der Waals surface area contributed by atoms with Crippen LogP contribution in [0.2, 0.25) is 0 Å². The van der Waals surface area contributed by atoms with Crippen molar-refractivity contribution in [2.24, 2.45) is 5.73 Å². The van der Waals surface area contributed by atoms with Crippen molar-refractivity contribution in [2.45, 2.75) is 20.3 Å². The maximum absolute atomic E-state index is 11.2. The predicted molar refractivity (Wildman–Crippen MR) is 52.8 cm³/mol. The van der Waals surface area contributed by atoms with Crippen molar-refractivity contribution in [2.75, 3.05) is 19.0 Å². The highest BCUT2D eigenvalue weighted by atomic mass is 32.2. The van der Waals surface area contributed by atoms with E-state index in [1.54, 1.807) is 6.92 Å². The van der Waals surface area contributed by atoms with Gasteiger partial charge in [-0.25, -0.2) is 8.42 Å². The fourth-order valence-corrected chi connectivity index (χ4v) is 1.80. The van der Waals surface area contributed by atoms with E-state index in [1.807, 2.05) is 6.92 Å². The van der Waals surface area contributed by atoms with Crippen LogP contribution in [0.5, 0.6) is 0 Å². The second-order valence-corrected chi connectivity index (χ2v) is 4.81. The summed E-state index contributed by atoms with van der Waals surface area (Å²) in [7, 11) is -3.17. The summed E-state index contributed by atoms with van der Waals surface area (Å²) in [5, 5.41) is 1.07. The van der Waals surface area contributed by atoms with Crippen molar-refractivity contribution >= 4 is 9.84 Å². The van der Waals surface area contributed by atoms with Crippen molar-refractivity contribution in [3.05, 3.63) is 11.1 Å². The van der Waals surface area contributed by atoms with E-state index in [9.17, 15) is 8.42 Å². The molecule has 0 saturated heterocycles. The van der Waals surface area contributed by atoms with Crippen LogP contribution in [-0.2, 0) is 14.6 Å². The van der Waals surface area contributed by atoms with Crippen LogP contribution in [0.1, 0.15) is 20.3 Å². The van der Waals surface area contributed by atoms with Crippen molar-refractivity contribution < 1.29 is 13.2 Å². The Bertz CT molecular complexity index is 253. The number of ether oxygens (including phenoxy) is 1. The molecule has 0 saturated carbocycles. The highest BCUT2D eigenvalue weighted by Crippen LogP contribution is 1.95. The molecule has 0 spiro atoms. The fourth-order valence-electron chi connectivity index (χ4n) is 0.764. The number of sulfone groups is 1. The van der Waals surface area contributed by atoms with Gasteiger partial charge in [-0.15, -0.1) is 0 Å². The highest BCUT2D eigenvalue weighted by molar-refractivity contribution is 7.94. The van der Waals surface area contributed by atoms with Crippen molar-refractivity contribution in [3.63, 3.8) is 0 Å². The maximum Gasteiger partial charge on any atom is 0.175 e. The first-order chi connectivity index (χ1) is 5.98. The van der Waals surface area contributed by atoms with E-state index < -0.39 is 9.84 Å². The molecule has 0 aromatic rings. The van der Waals surface area contributed by atoms with Gasteiger partial charge in [0.15, 0.2) is 9.84 Å². The molecule has 13 heavy (non-hydrogen) atoms. The average molecular weight is 207 g/mol. The minimum absolute atomic E-state index is 0.00153. The lowest BCUT2D eigenvalue weighted by Crippen LogP contribution is -2.11. The third kappa shape index (κ3) is 7.80. The summed E-state index contributed by atoms with van der Waals surface area (Å²) in [6, 6.07) is 0. The Balaban J connectivity index is 3.85. The second-order valence-electron chi connectivity index (χ2n) is 2.84. The summed E-state index contributed by atoms with van der Waals surface area (Å²) in [4.78, 5) is 0. The van der Waals surface area contributed by atoms with Crippen molar-refractivity contribution in [3.8, 4) is 0 Å². The number of hydrogen-bond donors (Lipinski definition) is 1. The zero-order valence-corrected chi connectivity index (χ0v) is 8.93. The molecule has 0 atom stereocenters. The van der Waals surface area contributed by atoms with Crippen LogP contribution in [0.15, 0.2) is 11.1 Å². The van der Waals surface area contributed by atoms with Gasteiger partial charge in [0.05, 0.1) is 12.4 Å². The van der Waals surface area contributed by atoms with Gasteiger partial charge in [-0.2, -0.15) is 0 Å². The molecule has 0 aliphatic rings. The lowest BCUT2D eigenvalue weighted by atomic mass is 10.5. The molecule has 0 aliphatic carbocycles. The third-order valence-electron chi connectivity index (χ3n) is 1.23. The fraction of sp³-hybridized carbons (Fsp3) is 0.750. The summed E-state index contributed by atoms with van der Waals surface area (Å²) >= 11 is 0. The van der Waals surface area contributed by atoms with Gasteiger partial charge < -0.3 is 10.5 Å². The molecule has 0 radical (unpaired) electrons. The number of allylic oxidation sites excluding steroid dienone is 1. The Labute approximate surface area is 79.7 Å². The minimum atomic E-state index is -3.17. The summed E-state index contributed by atoms with van der Waals surface area (Å²) < 4.78 is 27.4. The molecule has 2 N–H and O–H groups in total. The van der Waals surface area contributed by atoms with Gasteiger partial charge in [-0.1, -0.05) is 6.92 Å². The van der Waals surface area contributed by atoms with Crippen LogP contribution in [0, 0.1) is 0 Å². The largest absolute Gasteiger partial charge is 0.402 e. The highest BCUT2D eigenvalue weighted by Gasteiger charge is 2.06. The normalized spacial score (nSPS) is 13.2. The summed E-state index contributed by atoms with van der Waals surface area (Å²) in [6.07, 6.45) is 0.895. The second kappa shape index (κ2) is 5.99. The number of rotatable bonds is 6. The van der Waals surface area contributed by atoms with E-state index in [-0.39, 0.29) is 12.4 Å². The van der Waals surface area contributed by atoms with E-state index in [0.29, 0.717) is 12.3 Å². The van der Waals surface area contributed by atoms with E-state index in [2.05, 4.69) is 0 Å². The molecule has 0 fully saturated rings. The molecule has 0 unspecified atom stereocenters. The Morgan fingerprint density at radius 3 is 2.54 bits per heavy atom. The molecular formula is C8H17NO3S. The van der Waals surface area contributed by atoms with Gasteiger partial charge in [0.1, 0.15) is 0 Å². The first-order valence-corrected chi connectivity index (χ1v) is 5.93. The van der Waals surface area contributed by atoms with Gasteiger partial charge in [0.25, 0.3) is 0 Å². The van der Waals surface area contributed by atoms with Crippen molar-refractivity contribution in [1.82, 2.24) is 0 Å². The van der Waals surface area contributed by atoms with Crippen LogP contribution >= 0.6 is 0 Å². The zero-order valence-electron chi connectivity index (χ0n) is 8.12. The quantitative estimate of drug-likeness (QED) is 0.649. The molecule has 0 aliphatic heterocycles. The molecule has 78 valence electrons. The Morgan fingerprint density at radius 2 is 2.08 bits per heavy atom.